The van der Waals surface area contributed by atoms with Crippen molar-refractivity contribution in [1.82, 2.24) is 9.97 Å². The molecule has 1 aliphatic rings. The van der Waals surface area contributed by atoms with Crippen LogP contribution in [0.15, 0.2) is 23.6 Å². The largest absolute Gasteiger partial charge is 0.353 e. The topological polar surface area (TPSA) is 29.0 Å². The summed E-state index contributed by atoms with van der Waals surface area (Å²) in [6.07, 6.45) is 4.86. The van der Waals surface area contributed by atoms with Crippen molar-refractivity contribution in [3.8, 4) is 11.1 Å². The third-order valence-corrected chi connectivity index (χ3v) is 6.62. The molecule has 1 saturated heterocycles. The number of fused-ring (bicyclic) bond motifs is 1. The van der Waals surface area contributed by atoms with E-state index in [0.29, 0.717) is 11.3 Å². The van der Waals surface area contributed by atoms with E-state index in [0.717, 1.165) is 29.0 Å². The summed E-state index contributed by atoms with van der Waals surface area (Å²) in [5.41, 5.74) is 5.08. The smallest absolute Gasteiger partial charge is 0.225 e. The molecule has 0 amide bonds. The van der Waals surface area contributed by atoms with Gasteiger partial charge in [-0.3, -0.25) is 0 Å². The summed E-state index contributed by atoms with van der Waals surface area (Å²) in [7, 11) is 0. The molecule has 1 aliphatic heterocycles. The molecule has 0 radical (unpaired) electrons. The molecule has 1 atom stereocenters. The number of aryl methyl sites for hydroxylation is 2. The first kappa shape index (κ1) is 17.7. The number of piperidine rings is 1. The average molecular weight is 386 g/mol. The van der Waals surface area contributed by atoms with E-state index in [2.05, 4.69) is 54.2 Å². The summed E-state index contributed by atoms with van der Waals surface area (Å²) in [5.74, 6) is 1.01. The van der Waals surface area contributed by atoms with Gasteiger partial charge in [0, 0.05) is 23.5 Å². The highest BCUT2D eigenvalue weighted by Gasteiger charge is 2.26. The molecule has 3 nitrogen and oxygen atoms in total. The molecule has 4 rings (SSSR count). The molecule has 0 aliphatic carbocycles. The van der Waals surface area contributed by atoms with Crippen molar-refractivity contribution < 1.29 is 0 Å². The molecule has 3 heterocycles. The van der Waals surface area contributed by atoms with Crippen LogP contribution in [0.5, 0.6) is 0 Å². The van der Waals surface area contributed by atoms with Crippen molar-refractivity contribution in [3.63, 3.8) is 0 Å². The van der Waals surface area contributed by atoms with Gasteiger partial charge in [0.05, 0.1) is 5.39 Å². The van der Waals surface area contributed by atoms with Crippen LogP contribution in [0.2, 0.25) is 5.28 Å². The molecule has 0 bridgehead atoms. The molecule has 0 saturated carbocycles. The fraction of sp³-hybridized carbons (Fsp3) is 0.429. The Hall–Kier alpha value is -1.65. The van der Waals surface area contributed by atoms with E-state index in [4.69, 9.17) is 16.6 Å². The molecule has 1 aromatic carbocycles. The highest BCUT2D eigenvalue weighted by atomic mass is 35.5. The quantitative estimate of drug-likeness (QED) is 0.488. The average Bonchev–Trinajstić information content (AvgIpc) is 3.07. The molecule has 5 heteroatoms. The number of aromatic nitrogens is 2. The van der Waals surface area contributed by atoms with Gasteiger partial charge in [-0.15, -0.1) is 11.3 Å². The van der Waals surface area contributed by atoms with E-state index in [9.17, 15) is 0 Å². The van der Waals surface area contributed by atoms with E-state index in [1.807, 2.05) is 0 Å². The molecular formula is C21H24ClN3S. The van der Waals surface area contributed by atoms with Crippen molar-refractivity contribution >= 4 is 39.0 Å². The van der Waals surface area contributed by atoms with Gasteiger partial charge in [-0.05, 0) is 67.8 Å². The van der Waals surface area contributed by atoms with Crippen LogP contribution in [0.1, 0.15) is 43.7 Å². The van der Waals surface area contributed by atoms with Crippen LogP contribution >= 0.6 is 22.9 Å². The van der Waals surface area contributed by atoms with Gasteiger partial charge in [0.25, 0.3) is 0 Å². The highest BCUT2D eigenvalue weighted by molar-refractivity contribution is 7.17. The maximum atomic E-state index is 6.29. The minimum atomic E-state index is 0.349. The van der Waals surface area contributed by atoms with Crippen molar-refractivity contribution in [2.45, 2.75) is 52.5 Å². The standard InChI is InChI=1S/C21H24ClN3S/c1-4-16-7-5-6-10-25(16)19-18-17(12-26-20(18)24-21(22)23-19)15-9-8-13(2)14(3)11-15/h8-9,11-12,16H,4-7,10H2,1-3H3. The van der Waals surface area contributed by atoms with Crippen molar-refractivity contribution in [2.75, 3.05) is 11.4 Å². The van der Waals surface area contributed by atoms with Crippen LogP contribution in [-0.2, 0) is 0 Å². The van der Waals surface area contributed by atoms with Crippen molar-refractivity contribution in [1.29, 1.82) is 0 Å². The number of rotatable bonds is 3. The molecule has 136 valence electrons. The lowest BCUT2D eigenvalue weighted by atomic mass is 9.98. The molecule has 2 aromatic heterocycles. The van der Waals surface area contributed by atoms with Crippen LogP contribution in [0.25, 0.3) is 21.3 Å². The van der Waals surface area contributed by atoms with Crippen LogP contribution in [-0.4, -0.2) is 22.6 Å². The first-order valence-electron chi connectivity index (χ1n) is 9.37. The van der Waals surface area contributed by atoms with Gasteiger partial charge in [-0.1, -0.05) is 25.1 Å². The third kappa shape index (κ3) is 3.10. The molecule has 3 aromatic rings. The molecule has 1 unspecified atom stereocenters. The minimum absolute atomic E-state index is 0.349. The fourth-order valence-electron chi connectivity index (χ4n) is 3.93. The van der Waals surface area contributed by atoms with Crippen molar-refractivity contribution in [2.24, 2.45) is 0 Å². The number of hydrogen-bond acceptors (Lipinski definition) is 4. The zero-order valence-corrected chi connectivity index (χ0v) is 17.1. The number of thiophene rings is 1. The maximum Gasteiger partial charge on any atom is 0.225 e. The second-order valence-electron chi connectivity index (χ2n) is 7.20. The van der Waals surface area contributed by atoms with Gasteiger partial charge in [0.1, 0.15) is 10.6 Å². The molecule has 0 N–H and O–H groups in total. The molecular weight excluding hydrogens is 362 g/mol. The number of benzene rings is 1. The minimum Gasteiger partial charge on any atom is -0.353 e. The molecule has 0 spiro atoms. The van der Waals surface area contributed by atoms with Gasteiger partial charge in [0.2, 0.25) is 5.28 Å². The number of nitrogens with zero attached hydrogens (tertiary/aromatic N) is 3. The second kappa shape index (κ2) is 7.16. The second-order valence-corrected chi connectivity index (χ2v) is 8.39. The Bertz CT molecular complexity index is 950. The highest BCUT2D eigenvalue weighted by Crippen LogP contribution is 2.41. The summed E-state index contributed by atoms with van der Waals surface area (Å²) in [5, 5.41) is 3.71. The van der Waals surface area contributed by atoms with E-state index in [1.165, 1.54) is 41.5 Å². The Balaban J connectivity index is 1.92. The zero-order valence-electron chi connectivity index (χ0n) is 15.6. The summed E-state index contributed by atoms with van der Waals surface area (Å²) in [4.78, 5) is 12.7. The lowest BCUT2D eigenvalue weighted by Gasteiger charge is -2.36. The van der Waals surface area contributed by atoms with Gasteiger partial charge in [0.15, 0.2) is 0 Å². The first-order valence-corrected chi connectivity index (χ1v) is 10.6. The van der Waals surface area contributed by atoms with Gasteiger partial charge >= 0.3 is 0 Å². The van der Waals surface area contributed by atoms with Crippen LogP contribution < -0.4 is 4.90 Å². The monoisotopic (exact) mass is 385 g/mol. The van der Waals surface area contributed by atoms with Gasteiger partial charge in [-0.2, -0.15) is 4.98 Å². The van der Waals surface area contributed by atoms with Gasteiger partial charge in [-0.25, -0.2) is 4.98 Å². The first-order chi connectivity index (χ1) is 12.6. The Morgan fingerprint density at radius 3 is 2.81 bits per heavy atom. The van der Waals surface area contributed by atoms with Crippen LogP contribution in [0, 0.1) is 13.8 Å². The van der Waals surface area contributed by atoms with E-state index in [1.54, 1.807) is 11.3 Å². The summed E-state index contributed by atoms with van der Waals surface area (Å²) in [6.45, 7) is 7.63. The van der Waals surface area contributed by atoms with E-state index in [-0.39, 0.29) is 0 Å². The van der Waals surface area contributed by atoms with Gasteiger partial charge < -0.3 is 4.90 Å². The Morgan fingerprint density at radius 2 is 2.04 bits per heavy atom. The normalized spacial score (nSPS) is 17.8. The lowest BCUT2D eigenvalue weighted by molar-refractivity contribution is 0.448. The van der Waals surface area contributed by atoms with Crippen LogP contribution in [0.4, 0.5) is 5.82 Å². The number of halogens is 1. The summed E-state index contributed by atoms with van der Waals surface area (Å²) >= 11 is 7.95. The zero-order chi connectivity index (χ0) is 18.3. The maximum absolute atomic E-state index is 6.29. The van der Waals surface area contributed by atoms with E-state index < -0.39 is 0 Å². The lowest BCUT2D eigenvalue weighted by Crippen LogP contribution is -2.39. The molecule has 1 fully saturated rings. The predicted octanol–water partition coefficient (Wildman–Crippen LogP) is 6.40. The Labute approximate surface area is 164 Å². The third-order valence-electron chi connectivity index (χ3n) is 5.58. The number of anilines is 1. The SMILES string of the molecule is CCC1CCCCN1c1nc(Cl)nc2scc(-c3ccc(C)c(C)c3)c12. The van der Waals surface area contributed by atoms with Crippen molar-refractivity contribution in [3.05, 3.63) is 40.0 Å². The van der Waals surface area contributed by atoms with E-state index >= 15 is 0 Å². The summed E-state index contributed by atoms with van der Waals surface area (Å²) < 4.78 is 0. The molecule has 26 heavy (non-hydrogen) atoms. The summed E-state index contributed by atoms with van der Waals surface area (Å²) in [6, 6.07) is 7.20. The number of hydrogen-bond donors (Lipinski definition) is 0. The Kier molecular flexibility index (Phi) is 4.89. The predicted molar refractivity (Wildman–Crippen MR) is 113 cm³/mol. The fourth-order valence-corrected chi connectivity index (χ4v) is 5.09. The Morgan fingerprint density at radius 1 is 1.19 bits per heavy atom. The van der Waals surface area contributed by atoms with Crippen LogP contribution in [0.3, 0.4) is 0 Å².